The van der Waals surface area contributed by atoms with Crippen LogP contribution in [-0.4, -0.2) is 16.5 Å². The first-order valence-corrected chi connectivity index (χ1v) is 11.4. The summed E-state index contributed by atoms with van der Waals surface area (Å²) in [6, 6.07) is 11.6. The van der Waals surface area contributed by atoms with E-state index in [9.17, 15) is 4.79 Å². The fourth-order valence-electron chi connectivity index (χ4n) is 3.82. The molecule has 0 N–H and O–H groups in total. The number of carbonyl (C=O) groups excluding carboxylic acids is 1. The third-order valence-electron chi connectivity index (χ3n) is 5.06. The van der Waals surface area contributed by atoms with E-state index in [2.05, 4.69) is 26.1 Å². The Hall–Kier alpha value is -2.60. The lowest BCUT2D eigenvalue weighted by Crippen LogP contribution is -2.38. The van der Waals surface area contributed by atoms with Crippen molar-refractivity contribution in [2.45, 2.75) is 70.3 Å². The molecule has 1 aromatic carbocycles. The number of fused-ring (bicyclic) bond motifs is 1. The molecule has 1 atom stereocenters. The maximum absolute atomic E-state index is 11.6. The number of unbranched alkanes of at least 4 members (excludes halogenated alkanes) is 2. The van der Waals surface area contributed by atoms with E-state index in [1.165, 1.54) is 12.8 Å². The number of hydrogen-bond donors (Lipinski definition) is 1. The molecule has 0 bridgehead atoms. The largest absolute Gasteiger partial charge is 0.477 e. The van der Waals surface area contributed by atoms with Crippen molar-refractivity contribution >= 4 is 29.6 Å². The van der Waals surface area contributed by atoms with Crippen LogP contribution in [0.4, 0.5) is 0 Å². The standard InChI is InChI=1S/C26H32O5S/c1-6-8-9-10-19-13-14-21(28-19)23-15-18-11-12-20(16-22(18)29-23)30-26(5,32)17-25(3,4)31-24(27)7-2/h7,11-16,32H,2,6,8-10,17H2,1,3-5H3. The molecule has 2 heterocycles. The highest BCUT2D eigenvalue weighted by atomic mass is 32.1. The summed E-state index contributed by atoms with van der Waals surface area (Å²) in [6.07, 6.45) is 5.96. The second-order valence-corrected chi connectivity index (χ2v) is 9.82. The molecule has 0 aliphatic carbocycles. The van der Waals surface area contributed by atoms with E-state index in [-0.39, 0.29) is 0 Å². The minimum absolute atomic E-state index is 0.372. The number of furan rings is 2. The summed E-state index contributed by atoms with van der Waals surface area (Å²) in [5.74, 6) is 2.52. The summed E-state index contributed by atoms with van der Waals surface area (Å²) in [7, 11) is 0. The van der Waals surface area contributed by atoms with Crippen molar-refractivity contribution in [1.29, 1.82) is 0 Å². The molecule has 0 saturated carbocycles. The highest BCUT2D eigenvalue weighted by Gasteiger charge is 2.34. The van der Waals surface area contributed by atoms with Crippen molar-refractivity contribution < 1.29 is 23.1 Å². The average Bonchev–Trinajstić information content (AvgIpc) is 3.32. The van der Waals surface area contributed by atoms with Gasteiger partial charge >= 0.3 is 5.97 Å². The Bertz CT molecular complexity index is 1070. The van der Waals surface area contributed by atoms with Gasteiger partial charge in [-0.1, -0.05) is 26.3 Å². The number of rotatable bonds is 11. The Morgan fingerprint density at radius 3 is 2.59 bits per heavy atom. The molecule has 172 valence electrons. The molecule has 0 spiro atoms. The van der Waals surface area contributed by atoms with Crippen LogP contribution >= 0.6 is 12.6 Å². The first-order valence-electron chi connectivity index (χ1n) is 11.0. The molecule has 0 fully saturated rings. The van der Waals surface area contributed by atoms with Gasteiger partial charge < -0.3 is 18.3 Å². The Balaban J connectivity index is 1.72. The number of benzene rings is 1. The van der Waals surface area contributed by atoms with Crippen LogP contribution in [0.5, 0.6) is 5.75 Å². The van der Waals surface area contributed by atoms with Crippen molar-refractivity contribution in [2.75, 3.05) is 0 Å². The van der Waals surface area contributed by atoms with Crippen LogP contribution in [0.25, 0.3) is 22.5 Å². The number of ether oxygens (including phenoxy) is 2. The van der Waals surface area contributed by atoms with Crippen molar-refractivity contribution in [1.82, 2.24) is 0 Å². The molecule has 2 aromatic heterocycles. The SMILES string of the molecule is C=CC(=O)OC(C)(C)CC(C)(S)Oc1ccc2cc(-c3ccc(CCCCC)o3)oc2c1. The van der Waals surface area contributed by atoms with E-state index in [0.29, 0.717) is 23.5 Å². The van der Waals surface area contributed by atoms with E-state index in [4.69, 9.17) is 18.3 Å². The highest BCUT2D eigenvalue weighted by Crippen LogP contribution is 2.35. The first-order chi connectivity index (χ1) is 15.1. The fourth-order valence-corrected chi connectivity index (χ4v) is 4.31. The topological polar surface area (TPSA) is 61.8 Å². The fraction of sp³-hybridized carbons (Fsp3) is 0.423. The molecule has 32 heavy (non-hydrogen) atoms. The highest BCUT2D eigenvalue weighted by molar-refractivity contribution is 7.81. The Labute approximate surface area is 195 Å². The van der Waals surface area contributed by atoms with Gasteiger partial charge in [-0.3, -0.25) is 0 Å². The summed E-state index contributed by atoms with van der Waals surface area (Å²) >= 11 is 4.65. The van der Waals surface area contributed by atoms with Gasteiger partial charge in [0.1, 0.15) is 22.7 Å². The van der Waals surface area contributed by atoms with Crippen molar-refractivity contribution in [3.63, 3.8) is 0 Å². The van der Waals surface area contributed by atoms with Crippen molar-refractivity contribution in [2.24, 2.45) is 0 Å². The molecule has 0 amide bonds. The van der Waals surface area contributed by atoms with Gasteiger partial charge in [0.15, 0.2) is 16.5 Å². The van der Waals surface area contributed by atoms with Gasteiger partial charge in [0.25, 0.3) is 0 Å². The Kier molecular flexibility index (Phi) is 7.44. The molecular weight excluding hydrogens is 424 g/mol. The molecule has 0 aliphatic heterocycles. The molecule has 1 unspecified atom stereocenters. The minimum Gasteiger partial charge on any atom is -0.477 e. The molecule has 6 heteroatoms. The van der Waals surface area contributed by atoms with Gasteiger partial charge in [-0.25, -0.2) is 4.79 Å². The monoisotopic (exact) mass is 456 g/mol. The van der Waals surface area contributed by atoms with E-state index in [1.54, 1.807) is 0 Å². The molecule has 3 rings (SSSR count). The third-order valence-corrected chi connectivity index (χ3v) is 5.31. The molecule has 0 saturated heterocycles. The first kappa shape index (κ1) is 24.1. The lowest BCUT2D eigenvalue weighted by molar-refractivity contribution is -0.152. The maximum atomic E-state index is 11.6. The van der Waals surface area contributed by atoms with Crippen LogP contribution in [-0.2, 0) is 16.0 Å². The van der Waals surface area contributed by atoms with Crippen LogP contribution in [0.3, 0.4) is 0 Å². The second-order valence-electron chi connectivity index (χ2n) is 8.87. The number of hydrogen-bond acceptors (Lipinski definition) is 6. The lowest BCUT2D eigenvalue weighted by Gasteiger charge is -2.34. The van der Waals surface area contributed by atoms with E-state index >= 15 is 0 Å². The average molecular weight is 457 g/mol. The zero-order valence-electron chi connectivity index (χ0n) is 19.3. The molecule has 0 aliphatic rings. The Morgan fingerprint density at radius 1 is 1.09 bits per heavy atom. The van der Waals surface area contributed by atoms with Crippen molar-refractivity contribution in [3.05, 3.63) is 54.8 Å². The smallest absolute Gasteiger partial charge is 0.330 e. The predicted octanol–water partition coefficient (Wildman–Crippen LogP) is 7.35. The van der Waals surface area contributed by atoms with Gasteiger partial charge in [0.05, 0.1) is 0 Å². The molecule has 0 radical (unpaired) electrons. The van der Waals surface area contributed by atoms with E-state index < -0.39 is 16.5 Å². The van der Waals surface area contributed by atoms with Gasteiger partial charge in [0, 0.05) is 30.4 Å². The summed E-state index contributed by atoms with van der Waals surface area (Å²) in [5.41, 5.74) is -0.0689. The van der Waals surface area contributed by atoms with Crippen LogP contribution in [0.2, 0.25) is 0 Å². The van der Waals surface area contributed by atoms with Crippen LogP contribution in [0.1, 0.15) is 59.1 Å². The third kappa shape index (κ3) is 6.45. The number of thiol groups is 1. The zero-order chi connectivity index (χ0) is 23.4. The van der Waals surface area contributed by atoms with Crippen LogP contribution < -0.4 is 4.74 Å². The molecule has 5 nitrogen and oxygen atoms in total. The minimum atomic E-state index is -0.873. The summed E-state index contributed by atoms with van der Waals surface area (Å²) < 4.78 is 23.5. The van der Waals surface area contributed by atoms with Gasteiger partial charge in [0.2, 0.25) is 0 Å². The number of esters is 1. The van der Waals surface area contributed by atoms with Crippen LogP contribution in [0.15, 0.2) is 57.9 Å². The number of carbonyl (C=O) groups is 1. The van der Waals surface area contributed by atoms with Crippen LogP contribution in [0, 0.1) is 0 Å². The van der Waals surface area contributed by atoms with E-state index in [0.717, 1.165) is 35.8 Å². The summed E-state index contributed by atoms with van der Waals surface area (Å²) in [6.45, 7) is 11.1. The molecule has 3 aromatic rings. The van der Waals surface area contributed by atoms with Crippen molar-refractivity contribution in [3.8, 4) is 17.3 Å². The maximum Gasteiger partial charge on any atom is 0.330 e. The Morgan fingerprint density at radius 2 is 1.88 bits per heavy atom. The summed E-state index contributed by atoms with van der Waals surface area (Å²) in [4.78, 5) is 10.7. The zero-order valence-corrected chi connectivity index (χ0v) is 20.2. The van der Waals surface area contributed by atoms with E-state index in [1.807, 2.05) is 57.2 Å². The quantitative estimate of drug-likeness (QED) is 0.107. The van der Waals surface area contributed by atoms with Gasteiger partial charge in [-0.05, 0) is 57.5 Å². The molecular formula is C26H32O5S. The summed E-state index contributed by atoms with van der Waals surface area (Å²) in [5, 5.41) is 0.956. The normalized spacial score (nSPS) is 13.7. The lowest BCUT2D eigenvalue weighted by atomic mass is 10.0. The predicted molar refractivity (Wildman–Crippen MR) is 130 cm³/mol. The number of aryl methyl sites for hydroxylation is 1. The van der Waals surface area contributed by atoms with Gasteiger partial charge in [-0.2, -0.15) is 0 Å². The second kappa shape index (κ2) is 9.90. The van der Waals surface area contributed by atoms with Gasteiger partial charge in [-0.15, -0.1) is 12.6 Å².